The predicted octanol–water partition coefficient (Wildman–Crippen LogP) is 1.18. The number of aromatic nitrogens is 1. The number of nitrogens with zero attached hydrogens (tertiary/aromatic N) is 1. The number of pyridine rings is 1. The molecule has 0 aromatic carbocycles. The molecular weight excluding hydrogens is 232 g/mol. The van der Waals surface area contributed by atoms with Crippen LogP contribution in [0.4, 0.5) is 11.5 Å². The second kappa shape index (κ2) is 5.83. The van der Waals surface area contributed by atoms with Crippen molar-refractivity contribution in [2.45, 2.75) is 6.54 Å². The van der Waals surface area contributed by atoms with Crippen molar-refractivity contribution in [2.24, 2.45) is 5.73 Å². The molecule has 0 spiro atoms. The lowest BCUT2D eigenvalue weighted by molar-refractivity contribution is -0.114. The van der Waals surface area contributed by atoms with Gasteiger partial charge < -0.3 is 20.8 Å². The molecule has 2 rings (SSSR count). The molecule has 1 amide bonds. The quantitative estimate of drug-likeness (QED) is 0.736. The molecule has 2 aromatic rings. The molecule has 0 unspecified atom stereocenters. The summed E-state index contributed by atoms with van der Waals surface area (Å²) < 4.78 is 5.18. The van der Waals surface area contributed by atoms with Crippen molar-refractivity contribution in [3.63, 3.8) is 0 Å². The van der Waals surface area contributed by atoms with E-state index in [0.717, 1.165) is 5.76 Å². The van der Waals surface area contributed by atoms with Gasteiger partial charge in [0.05, 0.1) is 31.2 Å². The minimum atomic E-state index is -0.243. The summed E-state index contributed by atoms with van der Waals surface area (Å²) in [4.78, 5) is 15.2. The Labute approximate surface area is 104 Å². The van der Waals surface area contributed by atoms with E-state index in [1.54, 1.807) is 24.6 Å². The zero-order valence-electron chi connectivity index (χ0n) is 9.72. The van der Waals surface area contributed by atoms with Gasteiger partial charge in [-0.2, -0.15) is 0 Å². The summed E-state index contributed by atoms with van der Waals surface area (Å²) in [5.41, 5.74) is 5.82. The van der Waals surface area contributed by atoms with Gasteiger partial charge in [0.2, 0.25) is 5.91 Å². The van der Waals surface area contributed by atoms with E-state index in [0.29, 0.717) is 18.1 Å². The Morgan fingerprint density at radius 3 is 2.89 bits per heavy atom. The Morgan fingerprint density at radius 1 is 1.39 bits per heavy atom. The van der Waals surface area contributed by atoms with Gasteiger partial charge in [-0.1, -0.05) is 0 Å². The Kier molecular flexibility index (Phi) is 3.93. The van der Waals surface area contributed by atoms with E-state index < -0.39 is 0 Å². The van der Waals surface area contributed by atoms with Crippen molar-refractivity contribution in [1.29, 1.82) is 0 Å². The van der Waals surface area contributed by atoms with Gasteiger partial charge in [0.1, 0.15) is 11.6 Å². The number of carbonyl (C=O) groups is 1. The van der Waals surface area contributed by atoms with Gasteiger partial charge in [-0.15, -0.1) is 0 Å². The Morgan fingerprint density at radius 2 is 2.28 bits per heavy atom. The zero-order chi connectivity index (χ0) is 12.8. The molecule has 4 N–H and O–H groups in total. The molecule has 0 aliphatic heterocycles. The zero-order valence-corrected chi connectivity index (χ0v) is 9.72. The Bertz CT molecular complexity index is 493. The molecule has 0 saturated heterocycles. The third-order valence-corrected chi connectivity index (χ3v) is 2.26. The third-order valence-electron chi connectivity index (χ3n) is 2.26. The van der Waals surface area contributed by atoms with Gasteiger partial charge in [0.25, 0.3) is 0 Å². The number of nitrogens with two attached hydrogens (primary N) is 1. The van der Waals surface area contributed by atoms with E-state index >= 15 is 0 Å². The molecule has 0 bridgehead atoms. The average molecular weight is 246 g/mol. The van der Waals surface area contributed by atoms with Crippen molar-refractivity contribution >= 4 is 17.4 Å². The summed E-state index contributed by atoms with van der Waals surface area (Å²) in [7, 11) is 0. The van der Waals surface area contributed by atoms with E-state index in [1.807, 2.05) is 12.1 Å². The maximum Gasteiger partial charge on any atom is 0.238 e. The van der Waals surface area contributed by atoms with Gasteiger partial charge >= 0.3 is 0 Å². The first-order chi connectivity index (χ1) is 8.78. The standard InChI is InChI=1S/C12H14N4O2/c13-6-12(17)16-9-3-4-11(14-7-9)15-8-10-2-1-5-18-10/h1-5,7H,6,8,13H2,(H,14,15)(H,16,17). The minimum absolute atomic E-state index is 0.0432. The van der Waals surface area contributed by atoms with Crippen LogP contribution >= 0.6 is 0 Å². The number of amides is 1. The number of rotatable bonds is 5. The predicted molar refractivity (Wildman–Crippen MR) is 68.0 cm³/mol. The topological polar surface area (TPSA) is 93.2 Å². The van der Waals surface area contributed by atoms with E-state index in [4.69, 9.17) is 10.2 Å². The number of hydrogen-bond donors (Lipinski definition) is 3. The lowest BCUT2D eigenvalue weighted by Crippen LogP contribution is -2.21. The average Bonchev–Trinajstić information content (AvgIpc) is 2.91. The molecule has 0 saturated carbocycles. The van der Waals surface area contributed by atoms with Gasteiger partial charge in [-0.05, 0) is 24.3 Å². The largest absolute Gasteiger partial charge is 0.467 e. The number of anilines is 2. The van der Waals surface area contributed by atoms with Gasteiger partial charge in [-0.25, -0.2) is 4.98 Å². The van der Waals surface area contributed by atoms with Crippen LogP contribution in [0.25, 0.3) is 0 Å². The smallest absolute Gasteiger partial charge is 0.238 e. The van der Waals surface area contributed by atoms with Crippen LogP contribution in [-0.4, -0.2) is 17.4 Å². The molecule has 0 aliphatic rings. The molecule has 6 nitrogen and oxygen atoms in total. The van der Waals surface area contributed by atoms with Crippen molar-refractivity contribution < 1.29 is 9.21 Å². The van der Waals surface area contributed by atoms with Crippen LogP contribution in [0.5, 0.6) is 0 Å². The number of furan rings is 1. The highest BCUT2D eigenvalue weighted by Gasteiger charge is 2.00. The van der Waals surface area contributed by atoms with Crippen molar-refractivity contribution in [3.05, 3.63) is 42.5 Å². The van der Waals surface area contributed by atoms with Crippen molar-refractivity contribution in [3.8, 4) is 0 Å². The summed E-state index contributed by atoms with van der Waals surface area (Å²) >= 11 is 0. The van der Waals surface area contributed by atoms with Crippen LogP contribution in [0, 0.1) is 0 Å². The third kappa shape index (κ3) is 3.33. The Balaban J connectivity index is 1.89. The molecule has 0 aliphatic carbocycles. The molecular formula is C12H14N4O2. The summed E-state index contributed by atoms with van der Waals surface area (Å²) in [6, 6.07) is 7.23. The van der Waals surface area contributed by atoms with Crippen LogP contribution in [0.2, 0.25) is 0 Å². The van der Waals surface area contributed by atoms with Crippen LogP contribution in [-0.2, 0) is 11.3 Å². The first-order valence-corrected chi connectivity index (χ1v) is 5.50. The molecule has 0 fully saturated rings. The number of nitrogens with one attached hydrogen (secondary N) is 2. The highest BCUT2D eigenvalue weighted by molar-refractivity contribution is 5.91. The molecule has 2 aromatic heterocycles. The maximum atomic E-state index is 11.1. The Hall–Kier alpha value is -2.34. The lowest BCUT2D eigenvalue weighted by atomic mass is 10.3. The van der Waals surface area contributed by atoms with E-state index in [-0.39, 0.29) is 12.5 Å². The highest BCUT2D eigenvalue weighted by Crippen LogP contribution is 2.11. The normalized spacial score (nSPS) is 10.1. The van der Waals surface area contributed by atoms with Crippen LogP contribution in [0.1, 0.15) is 5.76 Å². The monoisotopic (exact) mass is 246 g/mol. The summed E-state index contributed by atoms with van der Waals surface area (Å²) in [6.45, 7) is 0.521. The lowest BCUT2D eigenvalue weighted by Gasteiger charge is -2.06. The van der Waals surface area contributed by atoms with Gasteiger partial charge in [-0.3, -0.25) is 4.79 Å². The maximum absolute atomic E-state index is 11.1. The highest BCUT2D eigenvalue weighted by atomic mass is 16.3. The molecule has 0 radical (unpaired) electrons. The fourth-order valence-electron chi connectivity index (χ4n) is 1.38. The second-order valence-electron chi connectivity index (χ2n) is 3.62. The molecule has 0 atom stereocenters. The summed E-state index contributed by atoms with van der Waals surface area (Å²) in [5.74, 6) is 1.29. The van der Waals surface area contributed by atoms with Gasteiger partial charge in [0, 0.05) is 0 Å². The number of hydrogen-bond acceptors (Lipinski definition) is 5. The fraction of sp³-hybridized carbons (Fsp3) is 0.167. The second-order valence-corrected chi connectivity index (χ2v) is 3.62. The minimum Gasteiger partial charge on any atom is -0.467 e. The van der Waals surface area contributed by atoms with E-state index in [2.05, 4.69) is 15.6 Å². The van der Waals surface area contributed by atoms with Crippen molar-refractivity contribution in [1.82, 2.24) is 4.98 Å². The summed E-state index contributed by atoms with van der Waals surface area (Å²) in [5, 5.41) is 5.72. The molecule has 18 heavy (non-hydrogen) atoms. The molecule has 2 heterocycles. The van der Waals surface area contributed by atoms with E-state index in [1.165, 1.54) is 0 Å². The molecule has 6 heteroatoms. The summed E-state index contributed by atoms with van der Waals surface area (Å²) in [6.07, 6.45) is 3.19. The van der Waals surface area contributed by atoms with Crippen LogP contribution in [0.3, 0.4) is 0 Å². The van der Waals surface area contributed by atoms with Crippen LogP contribution in [0.15, 0.2) is 41.1 Å². The van der Waals surface area contributed by atoms with Crippen LogP contribution < -0.4 is 16.4 Å². The fourth-order valence-corrected chi connectivity index (χ4v) is 1.38. The number of carbonyl (C=O) groups excluding carboxylic acids is 1. The molecule has 94 valence electrons. The SMILES string of the molecule is NCC(=O)Nc1ccc(NCc2ccco2)nc1. The van der Waals surface area contributed by atoms with E-state index in [9.17, 15) is 4.79 Å². The first-order valence-electron chi connectivity index (χ1n) is 5.50. The first kappa shape index (κ1) is 12.1. The van der Waals surface area contributed by atoms with Crippen molar-refractivity contribution in [2.75, 3.05) is 17.2 Å². The van der Waals surface area contributed by atoms with Gasteiger partial charge in [0.15, 0.2) is 0 Å².